The second-order valence-electron chi connectivity index (χ2n) is 6.95. The van der Waals surface area contributed by atoms with Crippen molar-refractivity contribution in [2.75, 3.05) is 13.6 Å². The Bertz CT molecular complexity index is 896. The fraction of sp³-hybridized carbons (Fsp3) is 0.318. The molecule has 5 nitrogen and oxygen atoms in total. The molecule has 0 radical (unpaired) electrons. The Hall–Kier alpha value is -2.60. The van der Waals surface area contributed by atoms with Gasteiger partial charge in [-0.2, -0.15) is 0 Å². The number of aliphatic imine (C=N–C) groups is 1. The van der Waals surface area contributed by atoms with Crippen molar-refractivity contribution in [2.45, 2.75) is 31.9 Å². The monoisotopic (exact) mass is 395 g/mol. The van der Waals surface area contributed by atoms with Gasteiger partial charge in [0.05, 0.1) is 10.9 Å². The second-order valence-corrected chi connectivity index (χ2v) is 8.12. The Balaban J connectivity index is 1.65. The molecule has 0 aliphatic carbocycles. The van der Waals surface area contributed by atoms with Gasteiger partial charge in [0, 0.05) is 20.0 Å². The lowest BCUT2D eigenvalue weighted by Crippen LogP contribution is -2.45. The number of nitrogens with one attached hydrogen (secondary N) is 1. The van der Waals surface area contributed by atoms with Crippen molar-refractivity contribution in [3.63, 3.8) is 0 Å². The zero-order valence-corrected chi connectivity index (χ0v) is 17.3. The molecule has 2 aromatic carbocycles. The van der Waals surface area contributed by atoms with Gasteiger partial charge < -0.3 is 5.32 Å². The fourth-order valence-electron chi connectivity index (χ4n) is 2.89. The summed E-state index contributed by atoms with van der Waals surface area (Å²) in [6.07, 6.45) is 0.950. The molecule has 6 heteroatoms. The highest BCUT2D eigenvalue weighted by atomic mass is 32.2. The van der Waals surface area contributed by atoms with Crippen LogP contribution < -0.4 is 5.32 Å². The molecule has 0 aromatic heterocycles. The third-order valence-electron chi connectivity index (χ3n) is 4.83. The average molecular weight is 396 g/mol. The first-order valence-electron chi connectivity index (χ1n) is 9.35. The van der Waals surface area contributed by atoms with Gasteiger partial charge >= 0.3 is 0 Å². The number of nitrogens with zero attached hydrogens (tertiary/aromatic N) is 2. The van der Waals surface area contributed by atoms with Crippen LogP contribution in [-0.4, -0.2) is 40.7 Å². The van der Waals surface area contributed by atoms with Crippen molar-refractivity contribution in [3.8, 4) is 0 Å². The van der Waals surface area contributed by atoms with E-state index >= 15 is 0 Å². The first-order valence-corrected chi connectivity index (χ1v) is 10.2. The number of thioether (sulfide) groups is 1. The molecular weight excluding hydrogens is 370 g/mol. The van der Waals surface area contributed by atoms with Crippen molar-refractivity contribution in [2.24, 2.45) is 4.99 Å². The van der Waals surface area contributed by atoms with Crippen LogP contribution in [0, 0.1) is 13.8 Å². The smallest absolute Gasteiger partial charge is 0.234 e. The summed E-state index contributed by atoms with van der Waals surface area (Å²) in [6, 6.07) is 15.9. The molecule has 146 valence electrons. The van der Waals surface area contributed by atoms with Gasteiger partial charge in [-0.15, -0.1) is 0 Å². The van der Waals surface area contributed by atoms with E-state index in [-0.39, 0.29) is 18.2 Å². The molecule has 0 spiro atoms. The lowest BCUT2D eigenvalue weighted by molar-refractivity contribution is -0.129. The van der Waals surface area contributed by atoms with Crippen LogP contribution in [0.5, 0.6) is 0 Å². The van der Waals surface area contributed by atoms with Gasteiger partial charge in [0.1, 0.15) is 0 Å². The molecule has 2 aromatic rings. The van der Waals surface area contributed by atoms with E-state index in [1.807, 2.05) is 62.4 Å². The van der Waals surface area contributed by atoms with Crippen LogP contribution in [0.1, 0.15) is 23.1 Å². The summed E-state index contributed by atoms with van der Waals surface area (Å²) in [5.74, 6) is -0.209. The van der Waals surface area contributed by atoms with Gasteiger partial charge in [-0.1, -0.05) is 48.2 Å². The molecule has 1 N–H and O–H groups in total. The van der Waals surface area contributed by atoms with Gasteiger partial charge in [0.2, 0.25) is 11.8 Å². The van der Waals surface area contributed by atoms with Crippen LogP contribution >= 0.6 is 11.8 Å². The quantitative estimate of drug-likeness (QED) is 0.841. The van der Waals surface area contributed by atoms with Crippen LogP contribution in [0.15, 0.2) is 53.5 Å². The number of hydrogen-bond acceptors (Lipinski definition) is 4. The van der Waals surface area contributed by atoms with E-state index in [1.54, 1.807) is 7.05 Å². The van der Waals surface area contributed by atoms with Crippen molar-refractivity contribution >= 4 is 34.4 Å². The highest BCUT2D eigenvalue weighted by molar-refractivity contribution is 8.15. The number of amides is 2. The summed E-state index contributed by atoms with van der Waals surface area (Å²) >= 11 is 1.35. The molecule has 1 aliphatic rings. The van der Waals surface area contributed by atoms with Crippen molar-refractivity contribution in [3.05, 3.63) is 65.2 Å². The van der Waals surface area contributed by atoms with Gasteiger partial charge in [0.15, 0.2) is 5.17 Å². The molecule has 3 rings (SSSR count). The van der Waals surface area contributed by atoms with E-state index in [1.165, 1.54) is 27.8 Å². The van der Waals surface area contributed by atoms with Crippen LogP contribution in [0.4, 0.5) is 5.69 Å². The van der Waals surface area contributed by atoms with Crippen LogP contribution in [0.3, 0.4) is 0 Å². The standard InChI is InChI=1S/C22H25N3O2S/c1-15-9-10-18(13-16(15)2)24-22-25(3)20(26)14-19(28-22)21(27)23-12-11-17-7-5-4-6-8-17/h4-10,13,19H,11-12,14H2,1-3H3,(H,23,27)/t19-/m0/s1. The number of carbonyl (C=O) groups is 2. The van der Waals surface area contributed by atoms with Gasteiger partial charge in [-0.25, -0.2) is 4.99 Å². The molecule has 1 heterocycles. The molecule has 0 bridgehead atoms. The van der Waals surface area contributed by atoms with E-state index in [0.29, 0.717) is 11.7 Å². The van der Waals surface area contributed by atoms with Gasteiger partial charge in [0.25, 0.3) is 0 Å². The molecule has 2 amide bonds. The maximum atomic E-state index is 12.6. The van der Waals surface area contributed by atoms with Crippen molar-refractivity contribution in [1.29, 1.82) is 0 Å². The highest BCUT2D eigenvalue weighted by Crippen LogP contribution is 2.28. The van der Waals surface area contributed by atoms with Crippen LogP contribution in [0.25, 0.3) is 0 Å². The maximum Gasteiger partial charge on any atom is 0.234 e. The third-order valence-corrected chi connectivity index (χ3v) is 6.07. The number of aryl methyl sites for hydroxylation is 2. The number of benzene rings is 2. The van der Waals surface area contributed by atoms with E-state index in [4.69, 9.17) is 0 Å². The summed E-state index contributed by atoms with van der Waals surface area (Å²) in [5, 5.41) is 3.06. The topological polar surface area (TPSA) is 61.8 Å². The number of amidine groups is 1. The number of hydrogen-bond donors (Lipinski definition) is 1. The molecule has 1 atom stereocenters. The molecular formula is C22H25N3O2S. The lowest BCUT2D eigenvalue weighted by atomic mass is 10.1. The average Bonchev–Trinajstić information content (AvgIpc) is 2.69. The summed E-state index contributed by atoms with van der Waals surface area (Å²) in [6.45, 7) is 4.63. The van der Waals surface area contributed by atoms with Crippen LogP contribution in [0.2, 0.25) is 0 Å². The molecule has 28 heavy (non-hydrogen) atoms. The van der Waals surface area contributed by atoms with Crippen molar-refractivity contribution in [1.82, 2.24) is 10.2 Å². The predicted molar refractivity (Wildman–Crippen MR) is 115 cm³/mol. The molecule has 1 aliphatic heterocycles. The molecule has 0 saturated carbocycles. The zero-order chi connectivity index (χ0) is 20.1. The minimum absolute atomic E-state index is 0.0930. The molecule has 1 saturated heterocycles. The van der Waals surface area contributed by atoms with E-state index < -0.39 is 5.25 Å². The van der Waals surface area contributed by atoms with E-state index in [9.17, 15) is 9.59 Å². The predicted octanol–water partition coefficient (Wildman–Crippen LogP) is 3.61. The first kappa shape index (κ1) is 20.1. The Morgan fingerprint density at radius 3 is 2.64 bits per heavy atom. The van der Waals surface area contributed by atoms with E-state index in [2.05, 4.69) is 10.3 Å². The Morgan fingerprint density at radius 2 is 1.93 bits per heavy atom. The Labute approximate surface area is 170 Å². The highest BCUT2D eigenvalue weighted by Gasteiger charge is 2.33. The first-order chi connectivity index (χ1) is 13.4. The minimum Gasteiger partial charge on any atom is -0.355 e. The summed E-state index contributed by atoms with van der Waals surface area (Å²) < 4.78 is 0. The maximum absolute atomic E-state index is 12.6. The summed E-state index contributed by atoms with van der Waals surface area (Å²) in [5.41, 5.74) is 4.30. The normalized spacial score (nSPS) is 18.4. The van der Waals surface area contributed by atoms with Crippen LogP contribution in [-0.2, 0) is 16.0 Å². The zero-order valence-electron chi connectivity index (χ0n) is 16.4. The minimum atomic E-state index is -0.454. The van der Waals surface area contributed by atoms with Gasteiger partial charge in [-0.3, -0.25) is 14.5 Å². The summed E-state index contributed by atoms with van der Waals surface area (Å²) in [7, 11) is 1.71. The molecule has 0 unspecified atom stereocenters. The lowest BCUT2D eigenvalue weighted by Gasteiger charge is -2.28. The van der Waals surface area contributed by atoms with Gasteiger partial charge in [-0.05, 0) is 49.1 Å². The van der Waals surface area contributed by atoms with Crippen molar-refractivity contribution < 1.29 is 9.59 Å². The molecule has 1 fully saturated rings. The fourth-order valence-corrected chi connectivity index (χ4v) is 3.98. The second kappa shape index (κ2) is 9.06. The Kier molecular flexibility index (Phi) is 6.52. The number of carbonyl (C=O) groups excluding carboxylic acids is 2. The number of rotatable bonds is 5. The third kappa shape index (κ3) is 5.01. The SMILES string of the molecule is Cc1ccc(N=C2S[C@H](C(=O)NCCc3ccccc3)CC(=O)N2C)cc1C. The van der Waals surface area contributed by atoms with E-state index in [0.717, 1.165) is 17.7 Å². The largest absolute Gasteiger partial charge is 0.355 e. The Morgan fingerprint density at radius 1 is 1.18 bits per heavy atom. The summed E-state index contributed by atoms with van der Waals surface area (Å²) in [4.78, 5) is 31.1.